The van der Waals surface area contributed by atoms with Crippen LogP contribution in [0.5, 0.6) is 0 Å². The Morgan fingerprint density at radius 1 is 1.39 bits per heavy atom. The topological polar surface area (TPSA) is 26.3 Å². The van der Waals surface area contributed by atoms with E-state index in [2.05, 4.69) is 0 Å². The number of rotatable bonds is 7. The van der Waals surface area contributed by atoms with Gasteiger partial charge in [-0.1, -0.05) is 62.0 Å². The van der Waals surface area contributed by atoms with Gasteiger partial charge in [-0.2, -0.15) is 0 Å². The molecule has 0 aliphatic heterocycles. The van der Waals surface area contributed by atoms with Gasteiger partial charge in [-0.05, 0) is 23.3 Å². The van der Waals surface area contributed by atoms with Gasteiger partial charge in [0.15, 0.2) is 0 Å². The molecule has 2 nitrogen and oxygen atoms in total. The number of hydrogen-bond acceptors (Lipinski definition) is 3. The summed E-state index contributed by atoms with van der Waals surface area (Å²) >= 11 is 1.33. The first-order valence-electron chi connectivity index (χ1n) is 6.19. The van der Waals surface area contributed by atoms with E-state index in [0.717, 1.165) is 5.75 Å². The second-order valence-electron chi connectivity index (χ2n) is 4.09. The summed E-state index contributed by atoms with van der Waals surface area (Å²) in [7, 11) is 0. The summed E-state index contributed by atoms with van der Waals surface area (Å²) in [5.74, 6) is 1.08. The van der Waals surface area contributed by atoms with Crippen LogP contribution in [-0.4, -0.2) is 17.5 Å². The maximum Gasteiger partial charge on any atom is 0.211 e. The number of benzene rings is 1. The molecule has 1 atom stereocenters. The predicted molar refractivity (Wildman–Crippen MR) is 77.5 cm³/mol. The van der Waals surface area contributed by atoms with E-state index in [9.17, 15) is 4.79 Å². The summed E-state index contributed by atoms with van der Waals surface area (Å²) in [5, 5.41) is 0.118. The quantitative estimate of drug-likeness (QED) is 0.703. The van der Waals surface area contributed by atoms with Gasteiger partial charge in [-0.3, -0.25) is 4.79 Å². The fraction of sp³-hybridized carbons (Fsp3) is 0.400. The van der Waals surface area contributed by atoms with Gasteiger partial charge < -0.3 is 4.74 Å². The van der Waals surface area contributed by atoms with Crippen LogP contribution in [0.2, 0.25) is 0 Å². The molecule has 0 N–H and O–H groups in total. The molecular weight excluding hydrogens is 244 g/mol. The van der Waals surface area contributed by atoms with Gasteiger partial charge in [0.1, 0.15) is 0 Å². The molecule has 0 saturated heterocycles. The van der Waals surface area contributed by atoms with Crippen LogP contribution in [0.3, 0.4) is 0 Å². The normalized spacial score (nSPS) is 12.8. The Morgan fingerprint density at radius 3 is 2.78 bits per heavy atom. The van der Waals surface area contributed by atoms with Crippen LogP contribution < -0.4 is 0 Å². The van der Waals surface area contributed by atoms with Crippen molar-refractivity contribution >= 4 is 16.9 Å². The van der Waals surface area contributed by atoms with Gasteiger partial charge in [0.25, 0.3) is 0 Å². The van der Waals surface area contributed by atoms with Gasteiger partial charge in [0.2, 0.25) is 5.12 Å². The maximum absolute atomic E-state index is 11.3. The molecule has 0 saturated carbocycles. The van der Waals surface area contributed by atoms with Crippen LogP contribution in [0.1, 0.15) is 19.4 Å². The lowest BCUT2D eigenvalue weighted by Gasteiger charge is -2.07. The molecule has 0 amide bonds. The van der Waals surface area contributed by atoms with Crippen molar-refractivity contribution in [3.63, 3.8) is 0 Å². The number of ether oxygens (including phenoxy) is 1. The average molecular weight is 264 g/mol. The molecule has 0 spiro atoms. The smallest absolute Gasteiger partial charge is 0.211 e. The predicted octanol–water partition coefficient (Wildman–Crippen LogP) is 3.68. The summed E-state index contributed by atoms with van der Waals surface area (Å²) < 4.78 is 5.60. The van der Waals surface area contributed by atoms with Crippen LogP contribution in [0, 0.1) is 5.92 Å². The lowest BCUT2D eigenvalue weighted by Crippen LogP contribution is -2.03. The largest absolute Gasteiger partial charge is 0.376 e. The molecule has 1 rings (SSSR count). The Balaban J connectivity index is 2.21. The first-order chi connectivity index (χ1) is 8.72. The fourth-order valence-electron chi connectivity index (χ4n) is 1.43. The van der Waals surface area contributed by atoms with Crippen molar-refractivity contribution in [3.8, 4) is 0 Å². The number of carbonyl (C=O) groups is 1. The highest BCUT2D eigenvalue weighted by Crippen LogP contribution is 2.06. The van der Waals surface area contributed by atoms with Crippen LogP contribution >= 0.6 is 11.8 Å². The molecule has 0 aliphatic carbocycles. The Kier molecular flexibility index (Phi) is 7.46. The van der Waals surface area contributed by atoms with E-state index >= 15 is 0 Å². The molecule has 0 aliphatic rings. The highest BCUT2D eigenvalue weighted by atomic mass is 32.2. The Labute approximate surface area is 113 Å². The minimum atomic E-state index is 0.118. The zero-order valence-electron chi connectivity index (χ0n) is 11.0. The first kappa shape index (κ1) is 15.0. The van der Waals surface area contributed by atoms with Crippen LogP contribution in [0.4, 0.5) is 0 Å². The van der Waals surface area contributed by atoms with Gasteiger partial charge in [0.05, 0.1) is 13.2 Å². The molecule has 0 radical (unpaired) electrons. The summed E-state index contributed by atoms with van der Waals surface area (Å²) in [6.07, 6.45) is 3.56. The molecule has 0 bridgehead atoms. The third-order valence-corrected chi connectivity index (χ3v) is 3.05. The van der Waals surface area contributed by atoms with Gasteiger partial charge in [-0.25, -0.2) is 0 Å². The Bertz CT molecular complexity index is 373. The van der Waals surface area contributed by atoms with Gasteiger partial charge in [0, 0.05) is 0 Å². The Hall–Kier alpha value is -1.06. The standard InChI is InChI=1S/C15H20O2S/c1-3-18-15(16)10-9-13(2)11-17-12-14-7-5-4-6-8-14/h4-10,13H,3,11-12H2,1-2H3/b10-9+/t13-/m0/s1. The highest BCUT2D eigenvalue weighted by molar-refractivity contribution is 8.14. The lowest BCUT2D eigenvalue weighted by atomic mass is 10.2. The molecular formula is C15H20O2S. The van der Waals surface area contributed by atoms with Crippen molar-refractivity contribution in [2.45, 2.75) is 20.5 Å². The van der Waals surface area contributed by atoms with E-state index in [1.165, 1.54) is 17.3 Å². The van der Waals surface area contributed by atoms with Crippen LogP contribution in [0.25, 0.3) is 0 Å². The SMILES string of the molecule is CCSC(=O)/C=C/[C@H](C)COCc1ccccc1. The fourth-order valence-corrected chi connectivity index (χ4v) is 1.88. The zero-order chi connectivity index (χ0) is 13.2. The van der Waals surface area contributed by atoms with E-state index < -0.39 is 0 Å². The molecule has 0 aromatic heterocycles. The van der Waals surface area contributed by atoms with Crippen LogP contribution in [0.15, 0.2) is 42.5 Å². The van der Waals surface area contributed by atoms with E-state index in [-0.39, 0.29) is 11.0 Å². The molecule has 0 heterocycles. The number of carbonyl (C=O) groups excluding carboxylic acids is 1. The average Bonchev–Trinajstić information content (AvgIpc) is 2.38. The van der Waals surface area contributed by atoms with Gasteiger partial charge in [-0.15, -0.1) is 0 Å². The summed E-state index contributed by atoms with van der Waals surface area (Å²) in [5.41, 5.74) is 1.17. The van der Waals surface area contributed by atoms with E-state index in [1.54, 1.807) is 6.08 Å². The van der Waals surface area contributed by atoms with Crippen LogP contribution in [-0.2, 0) is 16.1 Å². The highest BCUT2D eigenvalue weighted by Gasteiger charge is 2.00. The molecule has 0 fully saturated rings. The molecule has 0 unspecified atom stereocenters. The molecule has 98 valence electrons. The molecule has 1 aromatic carbocycles. The lowest BCUT2D eigenvalue weighted by molar-refractivity contribution is -0.107. The minimum Gasteiger partial charge on any atom is -0.376 e. The summed E-state index contributed by atoms with van der Waals surface area (Å²) in [6.45, 7) is 5.28. The van der Waals surface area contributed by atoms with E-state index in [0.29, 0.717) is 13.2 Å². The monoisotopic (exact) mass is 264 g/mol. The van der Waals surface area contributed by atoms with Gasteiger partial charge >= 0.3 is 0 Å². The number of hydrogen-bond donors (Lipinski definition) is 0. The third-order valence-electron chi connectivity index (χ3n) is 2.34. The van der Waals surface area contributed by atoms with Crippen molar-refractivity contribution in [2.24, 2.45) is 5.92 Å². The molecule has 18 heavy (non-hydrogen) atoms. The van der Waals surface area contributed by atoms with Crippen molar-refractivity contribution in [1.29, 1.82) is 0 Å². The van der Waals surface area contributed by atoms with Crippen molar-refractivity contribution in [1.82, 2.24) is 0 Å². The summed E-state index contributed by atoms with van der Waals surface area (Å²) in [4.78, 5) is 11.3. The zero-order valence-corrected chi connectivity index (χ0v) is 11.8. The maximum atomic E-state index is 11.3. The van der Waals surface area contributed by atoms with Crippen molar-refractivity contribution in [2.75, 3.05) is 12.4 Å². The van der Waals surface area contributed by atoms with Crippen molar-refractivity contribution in [3.05, 3.63) is 48.0 Å². The second kappa shape index (κ2) is 8.95. The number of thioether (sulfide) groups is 1. The molecule has 1 aromatic rings. The van der Waals surface area contributed by atoms with Crippen molar-refractivity contribution < 1.29 is 9.53 Å². The minimum absolute atomic E-state index is 0.118. The summed E-state index contributed by atoms with van der Waals surface area (Å²) in [6, 6.07) is 10.1. The molecule has 3 heteroatoms. The second-order valence-corrected chi connectivity index (χ2v) is 5.36. The van der Waals surface area contributed by atoms with E-state index in [1.807, 2.05) is 50.3 Å². The van der Waals surface area contributed by atoms with E-state index in [4.69, 9.17) is 4.74 Å². The first-order valence-corrected chi connectivity index (χ1v) is 7.17. The Morgan fingerprint density at radius 2 is 2.11 bits per heavy atom. The third kappa shape index (κ3) is 6.62.